The van der Waals surface area contributed by atoms with E-state index in [1.165, 1.54) is 14.0 Å². The number of nitrogens with zero attached hydrogens (tertiary/aromatic N) is 1. The quantitative estimate of drug-likeness (QED) is 0.417. The molecule has 1 heterocycles. The summed E-state index contributed by atoms with van der Waals surface area (Å²) in [7, 11) is 1.20. The number of ether oxygens (including phenoxy) is 2. The van der Waals surface area contributed by atoms with Crippen molar-refractivity contribution in [3.63, 3.8) is 0 Å². The fourth-order valence-electron chi connectivity index (χ4n) is 2.94. The van der Waals surface area contributed by atoms with Gasteiger partial charge in [-0.05, 0) is 77.4 Å². The topological polar surface area (TPSA) is 102 Å². The van der Waals surface area contributed by atoms with E-state index >= 15 is 0 Å². The second-order valence-corrected chi connectivity index (χ2v) is 8.99. The van der Waals surface area contributed by atoms with Crippen LogP contribution in [-0.2, 0) is 19.1 Å². The van der Waals surface area contributed by atoms with E-state index in [-0.39, 0.29) is 17.4 Å². The van der Waals surface area contributed by atoms with E-state index in [9.17, 15) is 19.2 Å². The highest BCUT2D eigenvalue weighted by atomic mass is 79.9. The predicted molar refractivity (Wildman–Crippen MR) is 129 cm³/mol. The molecule has 1 atom stereocenters. The standard InChI is InChI=1S/C23H21BrN2O6S/c1-13-4-7-16(8-5-13)25-20(27)12-32-18-9-6-15(10-17(18)24)11-19-21(28)26(23(30)33-19)14(2)22(29)31-3/h4-11,14H,12H2,1-3H3,(H,25,27)/b19-11+/t14-/m0/s1. The molecule has 1 N–H and O–H groups in total. The van der Waals surface area contributed by atoms with Crippen LogP contribution in [0.15, 0.2) is 51.8 Å². The maximum atomic E-state index is 12.6. The number of methoxy groups -OCH3 is 1. The number of anilines is 1. The van der Waals surface area contributed by atoms with Crippen molar-refractivity contribution in [1.82, 2.24) is 4.90 Å². The second-order valence-electron chi connectivity index (χ2n) is 7.14. The van der Waals surface area contributed by atoms with Crippen LogP contribution in [0.3, 0.4) is 0 Å². The van der Waals surface area contributed by atoms with Crippen LogP contribution < -0.4 is 10.1 Å². The Balaban J connectivity index is 1.64. The molecule has 0 aliphatic carbocycles. The lowest BCUT2D eigenvalue weighted by molar-refractivity contribution is -0.148. The number of imide groups is 1. The van der Waals surface area contributed by atoms with Gasteiger partial charge in [-0.3, -0.25) is 19.3 Å². The van der Waals surface area contributed by atoms with E-state index in [0.29, 0.717) is 21.5 Å². The summed E-state index contributed by atoms with van der Waals surface area (Å²) in [5, 5.41) is 2.22. The van der Waals surface area contributed by atoms with Crippen LogP contribution in [0.2, 0.25) is 0 Å². The molecule has 10 heteroatoms. The Morgan fingerprint density at radius 3 is 2.52 bits per heavy atom. The van der Waals surface area contributed by atoms with Gasteiger partial charge in [0.05, 0.1) is 16.5 Å². The Labute approximate surface area is 203 Å². The molecule has 8 nitrogen and oxygen atoms in total. The van der Waals surface area contributed by atoms with Crippen LogP contribution in [0.1, 0.15) is 18.1 Å². The number of nitrogens with one attached hydrogen (secondary N) is 1. The number of hydrogen-bond acceptors (Lipinski definition) is 7. The van der Waals surface area contributed by atoms with Crippen LogP contribution in [0.5, 0.6) is 5.75 Å². The van der Waals surface area contributed by atoms with Gasteiger partial charge in [0.25, 0.3) is 17.1 Å². The van der Waals surface area contributed by atoms with E-state index < -0.39 is 23.2 Å². The third-order valence-corrected chi connectivity index (χ3v) is 6.20. The Hall–Kier alpha value is -3.11. The summed E-state index contributed by atoms with van der Waals surface area (Å²) < 4.78 is 10.8. The molecule has 3 amide bonds. The zero-order valence-corrected chi connectivity index (χ0v) is 20.5. The van der Waals surface area contributed by atoms with Crippen molar-refractivity contribution in [2.45, 2.75) is 19.9 Å². The Bertz CT molecular complexity index is 1130. The van der Waals surface area contributed by atoms with Crippen LogP contribution in [0.25, 0.3) is 6.08 Å². The molecule has 3 rings (SSSR count). The SMILES string of the molecule is COC(=O)[C@H](C)N1C(=O)S/C(=C/c2ccc(OCC(=O)Nc3ccc(C)cc3)c(Br)c2)C1=O. The average Bonchev–Trinajstić information content (AvgIpc) is 3.06. The lowest BCUT2D eigenvalue weighted by Gasteiger charge is -2.18. The van der Waals surface area contributed by atoms with E-state index in [1.54, 1.807) is 24.3 Å². The molecule has 0 spiro atoms. The molecular formula is C23H21BrN2O6S. The number of carbonyl (C=O) groups excluding carboxylic acids is 4. The van der Waals surface area contributed by atoms with Crippen molar-refractivity contribution in [3.05, 3.63) is 63.0 Å². The van der Waals surface area contributed by atoms with Gasteiger partial charge in [-0.15, -0.1) is 0 Å². The molecule has 0 saturated carbocycles. The average molecular weight is 533 g/mol. The first-order valence-corrected chi connectivity index (χ1v) is 11.4. The monoisotopic (exact) mass is 532 g/mol. The number of carbonyl (C=O) groups is 4. The van der Waals surface area contributed by atoms with Gasteiger partial charge in [-0.1, -0.05) is 23.8 Å². The largest absolute Gasteiger partial charge is 0.483 e. The molecule has 0 radical (unpaired) electrons. The summed E-state index contributed by atoms with van der Waals surface area (Å²) in [6, 6.07) is 11.4. The van der Waals surface area contributed by atoms with Crippen molar-refractivity contribution in [2.75, 3.05) is 19.0 Å². The molecule has 1 aliphatic heterocycles. The third kappa shape index (κ3) is 6.02. The van der Waals surface area contributed by atoms with Crippen LogP contribution in [0, 0.1) is 6.92 Å². The number of thioether (sulfide) groups is 1. The number of amides is 3. The highest BCUT2D eigenvalue weighted by molar-refractivity contribution is 9.10. The molecule has 1 fully saturated rings. The van der Waals surface area contributed by atoms with Crippen molar-refractivity contribution in [2.24, 2.45) is 0 Å². The van der Waals surface area contributed by atoms with E-state index in [0.717, 1.165) is 22.2 Å². The van der Waals surface area contributed by atoms with Crippen LogP contribution in [-0.4, -0.2) is 47.7 Å². The summed E-state index contributed by atoms with van der Waals surface area (Å²) in [4.78, 5) is 49.7. The van der Waals surface area contributed by atoms with Crippen molar-refractivity contribution >= 4 is 62.5 Å². The zero-order chi connectivity index (χ0) is 24.1. The van der Waals surface area contributed by atoms with Gasteiger partial charge in [-0.25, -0.2) is 4.79 Å². The first kappa shape index (κ1) is 24.5. The molecule has 172 valence electrons. The van der Waals surface area contributed by atoms with Gasteiger partial charge >= 0.3 is 5.97 Å². The highest BCUT2D eigenvalue weighted by Gasteiger charge is 2.41. The molecule has 1 aliphatic rings. The molecule has 33 heavy (non-hydrogen) atoms. The summed E-state index contributed by atoms with van der Waals surface area (Å²) >= 11 is 4.15. The Kier molecular flexibility index (Phi) is 7.93. The third-order valence-electron chi connectivity index (χ3n) is 4.70. The molecule has 0 unspecified atom stereocenters. The minimum absolute atomic E-state index is 0.184. The van der Waals surface area contributed by atoms with Gasteiger partial charge in [-0.2, -0.15) is 0 Å². The number of aryl methyl sites for hydroxylation is 1. The van der Waals surface area contributed by atoms with Gasteiger partial charge < -0.3 is 14.8 Å². The fraction of sp³-hybridized carbons (Fsp3) is 0.217. The Morgan fingerprint density at radius 2 is 1.88 bits per heavy atom. The first-order valence-electron chi connectivity index (χ1n) is 9.83. The van der Waals surface area contributed by atoms with E-state index in [2.05, 4.69) is 26.0 Å². The second kappa shape index (κ2) is 10.7. The number of rotatable bonds is 7. The highest BCUT2D eigenvalue weighted by Crippen LogP contribution is 2.35. The number of esters is 1. The van der Waals surface area contributed by atoms with Crippen molar-refractivity contribution in [1.29, 1.82) is 0 Å². The van der Waals surface area contributed by atoms with Gasteiger partial charge in [0, 0.05) is 5.69 Å². The van der Waals surface area contributed by atoms with Gasteiger partial charge in [0.1, 0.15) is 11.8 Å². The summed E-state index contributed by atoms with van der Waals surface area (Å²) in [6.45, 7) is 3.21. The summed E-state index contributed by atoms with van der Waals surface area (Å²) in [5.41, 5.74) is 2.41. The molecule has 0 bridgehead atoms. The molecule has 0 aromatic heterocycles. The minimum atomic E-state index is -1.01. The van der Waals surface area contributed by atoms with Crippen molar-refractivity contribution < 1.29 is 28.7 Å². The van der Waals surface area contributed by atoms with Gasteiger partial charge in [0.2, 0.25) is 0 Å². The molecular weight excluding hydrogens is 512 g/mol. The number of benzene rings is 2. The van der Waals surface area contributed by atoms with Crippen LogP contribution in [0.4, 0.5) is 10.5 Å². The summed E-state index contributed by atoms with van der Waals surface area (Å²) in [6.07, 6.45) is 1.55. The Morgan fingerprint density at radius 1 is 1.18 bits per heavy atom. The van der Waals surface area contributed by atoms with Crippen LogP contribution >= 0.6 is 27.7 Å². The normalized spacial score (nSPS) is 15.5. The molecule has 1 saturated heterocycles. The lowest BCUT2D eigenvalue weighted by atomic mass is 10.2. The van der Waals surface area contributed by atoms with E-state index in [1.807, 2.05) is 31.2 Å². The lowest BCUT2D eigenvalue weighted by Crippen LogP contribution is -2.42. The summed E-state index contributed by atoms with van der Waals surface area (Å²) in [5.74, 6) is -1.09. The number of hydrogen-bond donors (Lipinski definition) is 1. The van der Waals surface area contributed by atoms with Gasteiger partial charge in [0.15, 0.2) is 6.61 Å². The first-order chi connectivity index (χ1) is 15.7. The number of halogens is 1. The predicted octanol–water partition coefficient (Wildman–Crippen LogP) is 4.37. The maximum absolute atomic E-state index is 12.6. The smallest absolute Gasteiger partial charge is 0.328 e. The molecule has 2 aromatic rings. The maximum Gasteiger partial charge on any atom is 0.328 e. The minimum Gasteiger partial charge on any atom is -0.483 e. The fourth-order valence-corrected chi connectivity index (χ4v) is 4.36. The van der Waals surface area contributed by atoms with E-state index in [4.69, 9.17) is 4.74 Å². The molecule has 2 aromatic carbocycles. The zero-order valence-electron chi connectivity index (χ0n) is 18.1. The van der Waals surface area contributed by atoms with Crippen molar-refractivity contribution in [3.8, 4) is 5.75 Å².